The molecule has 0 bridgehead atoms. The Balaban J connectivity index is 1.48. The molecule has 0 spiro atoms. The molecule has 0 saturated carbocycles. The fraction of sp³-hybridized carbons (Fsp3) is 0.158. The maximum Gasteiger partial charge on any atom is 0.237 e. The molecule has 0 saturated heterocycles. The standard InChI is InChI=1S/C19H15F2N3O/c20-14-9-17(21)16-5-8-24(18(16)10-14)12-13-1-3-15(4-2-13)25-19-11-22-6-7-23-19/h1-4,6-7,9-11H,5,8,12H2. The Hall–Kier alpha value is -3.02. The normalized spacial score (nSPS) is 13.0. The van der Waals surface area contributed by atoms with Crippen LogP contribution in [0, 0.1) is 11.6 Å². The van der Waals surface area contributed by atoms with E-state index in [4.69, 9.17) is 4.74 Å². The van der Waals surface area contributed by atoms with E-state index in [9.17, 15) is 8.78 Å². The average Bonchev–Trinajstić information content (AvgIpc) is 3.01. The summed E-state index contributed by atoms with van der Waals surface area (Å²) in [4.78, 5) is 9.99. The first kappa shape index (κ1) is 15.5. The van der Waals surface area contributed by atoms with Crippen LogP contribution in [0.15, 0.2) is 55.0 Å². The molecule has 3 aromatic rings. The van der Waals surface area contributed by atoms with Gasteiger partial charge in [0.25, 0.3) is 0 Å². The minimum Gasteiger partial charge on any atom is -0.438 e. The molecule has 0 aliphatic carbocycles. The van der Waals surface area contributed by atoms with Gasteiger partial charge in [0.05, 0.1) is 6.20 Å². The van der Waals surface area contributed by atoms with E-state index in [1.54, 1.807) is 12.4 Å². The lowest BCUT2D eigenvalue weighted by Gasteiger charge is -2.19. The van der Waals surface area contributed by atoms with Crippen molar-refractivity contribution in [3.63, 3.8) is 0 Å². The van der Waals surface area contributed by atoms with Gasteiger partial charge in [0.2, 0.25) is 5.88 Å². The molecule has 0 N–H and O–H groups in total. The predicted octanol–water partition coefficient (Wildman–Crippen LogP) is 4.11. The molecule has 6 heteroatoms. The molecule has 0 radical (unpaired) electrons. The van der Waals surface area contributed by atoms with Crippen LogP contribution in [0.5, 0.6) is 11.6 Å². The van der Waals surface area contributed by atoms with Gasteiger partial charge in [-0.2, -0.15) is 0 Å². The lowest BCUT2D eigenvalue weighted by molar-refractivity contribution is 0.460. The highest BCUT2D eigenvalue weighted by atomic mass is 19.1. The molecule has 1 aliphatic rings. The van der Waals surface area contributed by atoms with E-state index in [-0.39, 0.29) is 0 Å². The third-order valence-corrected chi connectivity index (χ3v) is 4.17. The van der Waals surface area contributed by atoms with Gasteiger partial charge in [0, 0.05) is 42.8 Å². The minimum atomic E-state index is -0.545. The van der Waals surface area contributed by atoms with Gasteiger partial charge in [-0.15, -0.1) is 0 Å². The lowest BCUT2D eigenvalue weighted by atomic mass is 10.1. The van der Waals surface area contributed by atoms with Crippen molar-refractivity contribution in [2.45, 2.75) is 13.0 Å². The second kappa shape index (κ2) is 6.47. The zero-order valence-electron chi connectivity index (χ0n) is 13.3. The maximum absolute atomic E-state index is 13.8. The van der Waals surface area contributed by atoms with Gasteiger partial charge in [-0.1, -0.05) is 12.1 Å². The van der Waals surface area contributed by atoms with Crippen LogP contribution in [0.25, 0.3) is 0 Å². The number of benzene rings is 2. The molecule has 0 fully saturated rings. The Bertz CT molecular complexity index is 885. The van der Waals surface area contributed by atoms with Crippen molar-refractivity contribution in [3.8, 4) is 11.6 Å². The monoisotopic (exact) mass is 339 g/mol. The van der Waals surface area contributed by atoms with E-state index in [1.807, 2.05) is 29.2 Å². The summed E-state index contributed by atoms with van der Waals surface area (Å²) < 4.78 is 32.9. The Morgan fingerprint density at radius 3 is 2.68 bits per heavy atom. The number of hydrogen-bond acceptors (Lipinski definition) is 4. The maximum atomic E-state index is 13.8. The summed E-state index contributed by atoms with van der Waals surface area (Å²) in [6.45, 7) is 1.26. The van der Waals surface area contributed by atoms with Gasteiger partial charge in [-0.05, 0) is 30.2 Å². The van der Waals surface area contributed by atoms with Crippen LogP contribution >= 0.6 is 0 Å². The molecule has 25 heavy (non-hydrogen) atoms. The highest BCUT2D eigenvalue weighted by Crippen LogP contribution is 2.32. The Morgan fingerprint density at radius 2 is 1.92 bits per heavy atom. The Morgan fingerprint density at radius 1 is 1.08 bits per heavy atom. The average molecular weight is 339 g/mol. The molecule has 126 valence electrons. The highest BCUT2D eigenvalue weighted by Gasteiger charge is 2.23. The number of halogens is 2. The molecule has 0 unspecified atom stereocenters. The van der Waals surface area contributed by atoms with E-state index in [0.717, 1.165) is 11.6 Å². The summed E-state index contributed by atoms with van der Waals surface area (Å²) >= 11 is 0. The first-order chi connectivity index (χ1) is 12.2. The molecule has 1 aromatic heterocycles. The van der Waals surface area contributed by atoms with Crippen LogP contribution < -0.4 is 9.64 Å². The van der Waals surface area contributed by atoms with Crippen molar-refractivity contribution in [1.82, 2.24) is 9.97 Å². The van der Waals surface area contributed by atoms with Crippen molar-refractivity contribution < 1.29 is 13.5 Å². The number of nitrogens with zero attached hydrogens (tertiary/aromatic N) is 3. The third kappa shape index (κ3) is 3.28. The van der Waals surface area contributed by atoms with Crippen molar-refractivity contribution in [3.05, 3.63) is 77.8 Å². The number of fused-ring (bicyclic) bond motifs is 1. The molecule has 2 aromatic carbocycles. The van der Waals surface area contributed by atoms with Gasteiger partial charge in [0.1, 0.15) is 17.4 Å². The first-order valence-corrected chi connectivity index (χ1v) is 7.95. The highest BCUT2D eigenvalue weighted by molar-refractivity contribution is 5.59. The zero-order valence-corrected chi connectivity index (χ0v) is 13.3. The molecule has 0 amide bonds. The van der Waals surface area contributed by atoms with E-state index in [2.05, 4.69) is 9.97 Å². The van der Waals surface area contributed by atoms with Crippen molar-refractivity contribution >= 4 is 5.69 Å². The number of aromatic nitrogens is 2. The Kier molecular flexibility index (Phi) is 4.01. The van der Waals surface area contributed by atoms with Gasteiger partial charge >= 0.3 is 0 Å². The summed E-state index contributed by atoms with van der Waals surface area (Å²) in [5.41, 5.74) is 2.26. The SMILES string of the molecule is Fc1cc(F)c2c(c1)N(Cc1ccc(Oc3cnccn3)cc1)CC2. The molecular weight excluding hydrogens is 324 g/mol. The van der Waals surface area contributed by atoms with E-state index < -0.39 is 11.6 Å². The molecule has 0 atom stereocenters. The predicted molar refractivity (Wildman–Crippen MR) is 89.7 cm³/mol. The van der Waals surface area contributed by atoms with E-state index in [1.165, 1.54) is 12.3 Å². The number of hydrogen-bond donors (Lipinski definition) is 0. The van der Waals surface area contributed by atoms with Crippen LogP contribution in [0.1, 0.15) is 11.1 Å². The second-order valence-electron chi connectivity index (χ2n) is 5.85. The smallest absolute Gasteiger partial charge is 0.237 e. The molecule has 4 nitrogen and oxygen atoms in total. The summed E-state index contributed by atoms with van der Waals surface area (Å²) in [5, 5.41) is 0. The van der Waals surface area contributed by atoms with Crippen LogP contribution in [0.4, 0.5) is 14.5 Å². The third-order valence-electron chi connectivity index (χ3n) is 4.17. The quantitative estimate of drug-likeness (QED) is 0.717. The molecule has 1 aliphatic heterocycles. The minimum absolute atomic E-state index is 0.426. The summed E-state index contributed by atoms with van der Waals surface area (Å²) in [5.74, 6) is 0.0684. The fourth-order valence-corrected chi connectivity index (χ4v) is 2.99. The van der Waals surface area contributed by atoms with Crippen LogP contribution in [-0.4, -0.2) is 16.5 Å². The molecular formula is C19H15F2N3O. The van der Waals surface area contributed by atoms with Gasteiger partial charge < -0.3 is 9.64 Å². The van der Waals surface area contributed by atoms with Gasteiger partial charge in [-0.3, -0.25) is 4.98 Å². The van der Waals surface area contributed by atoms with Crippen molar-refractivity contribution in [1.29, 1.82) is 0 Å². The van der Waals surface area contributed by atoms with Crippen LogP contribution in [-0.2, 0) is 13.0 Å². The topological polar surface area (TPSA) is 38.2 Å². The van der Waals surface area contributed by atoms with E-state index >= 15 is 0 Å². The lowest BCUT2D eigenvalue weighted by Crippen LogP contribution is -2.19. The number of anilines is 1. The zero-order chi connectivity index (χ0) is 17.2. The molecule has 4 rings (SSSR count). The van der Waals surface area contributed by atoms with Gasteiger partial charge in [-0.25, -0.2) is 13.8 Å². The second-order valence-corrected chi connectivity index (χ2v) is 5.85. The fourth-order valence-electron chi connectivity index (χ4n) is 2.99. The van der Waals surface area contributed by atoms with Gasteiger partial charge in [0.15, 0.2) is 0 Å². The summed E-state index contributed by atoms with van der Waals surface area (Å²) in [6, 6.07) is 9.89. The molecule has 2 heterocycles. The van der Waals surface area contributed by atoms with Crippen molar-refractivity contribution in [2.75, 3.05) is 11.4 Å². The van der Waals surface area contributed by atoms with Crippen molar-refractivity contribution in [2.24, 2.45) is 0 Å². The van der Waals surface area contributed by atoms with Crippen LogP contribution in [0.3, 0.4) is 0 Å². The largest absolute Gasteiger partial charge is 0.438 e. The van der Waals surface area contributed by atoms with Crippen LogP contribution in [0.2, 0.25) is 0 Å². The number of rotatable bonds is 4. The van der Waals surface area contributed by atoms with E-state index in [0.29, 0.717) is 42.4 Å². The number of ether oxygens (including phenoxy) is 1. The summed E-state index contributed by atoms with van der Waals surface area (Å²) in [6.07, 6.45) is 5.27. The summed E-state index contributed by atoms with van der Waals surface area (Å²) in [7, 11) is 0. The first-order valence-electron chi connectivity index (χ1n) is 7.95. The Labute approximate surface area is 143 Å².